The van der Waals surface area contributed by atoms with E-state index in [2.05, 4.69) is 81.1 Å². The number of nitrogens with zero attached hydrogens (tertiary/aromatic N) is 2. The number of likely N-dealkylation sites (tertiary alicyclic amines) is 1. The summed E-state index contributed by atoms with van der Waals surface area (Å²) in [7, 11) is 0. The van der Waals surface area contributed by atoms with Crippen molar-refractivity contribution in [2.75, 3.05) is 18.4 Å². The fraction of sp³-hybridized carbons (Fsp3) is 0.312. The molecule has 38 heavy (non-hydrogen) atoms. The number of benzene rings is 3. The Morgan fingerprint density at radius 3 is 2.66 bits per heavy atom. The highest BCUT2D eigenvalue weighted by Crippen LogP contribution is 2.65. The molecule has 4 atom stereocenters. The molecule has 2 unspecified atom stereocenters. The van der Waals surface area contributed by atoms with E-state index in [1.54, 1.807) is 0 Å². The van der Waals surface area contributed by atoms with Gasteiger partial charge in [0.25, 0.3) is 0 Å². The smallest absolute Gasteiger partial charge is 0.235 e. The molecule has 4 aliphatic rings. The Morgan fingerprint density at radius 1 is 1.00 bits per heavy atom. The lowest BCUT2D eigenvalue weighted by Gasteiger charge is -2.32. The molecule has 2 bridgehead atoms. The van der Waals surface area contributed by atoms with Crippen LogP contribution in [-0.4, -0.2) is 46.3 Å². The Balaban J connectivity index is 0.973. The number of carbonyl (C=O) groups excluding carboxylic acids is 1. The van der Waals surface area contributed by atoms with Gasteiger partial charge in [-0.25, -0.2) is 0 Å². The van der Waals surface area contributed by atoms with Gasteiger partial charge in [-0.2, -0.15) is 5.10 Å². The van der Waals surface area contributed by atoms with E-state index in [1.165, 1.54) is 24.0 Å². The lowest BCUT2D eigenvalue weighted by molar-refractivity contribution is -0.118. The van der Waals surface area contributed by atoms with Crippen LogP contribution in [0.3, 0.4) is 0 Å². The molecule has 0 radical (unpaired) electrons. The standard InChI is InChI=1S/C32H30N4O2/c37-31-32(26-3-1-2-4-29(26)33-31)16-27(32)22-10-13-25-28(34-35-30(25)15-22)14-9-20-5-7-21(8-6-20)17-36-18-23-11-12-24(19-36)38-23/h1-10,13-15,23-24,27H,11-12,16-19H2,(H,33,37)(H,34,35)/b14-9+/t23?,24?,27-,32-/m0/s1. The minimum Gasteiger partial charge on any atom is -0.372 e. The van der Waals surface area contributed by atoms with Gasteiger partial charge in [-0.1, -0.05) is 60.7 Å². The Bertz CT molecular complexity index is 1580. The summed E-state index contributed by atoms with van der Waals surface area (Å²) in [5.41, 5.74) is 7.29. The van der Waals surface area contributed by atoms with Crippen molar-refractivity contribution in [1.82, 2.24) is 15.1 Å². The number of anilines is 1. The SMILES string of the molecule is O=C1Nc2ccccc2[C@]12C[C@H]2c1ccc2c(/C=C/c3ccc(CN4CC5CCC(C4)O5)cc3)n[nH]c2c1. The van der Waals surface area contributed by atoms with E-state index in [-0.39, 0.29) is 11.8 Å². The van der Waals surface area contributed by atoms with E-state index < -0.39 is 5.41 Å². The molecular weight excluding hydrogens is 472 g/mol. The Kier molecular flexibility index (Phi) is 4.91. The number of morpholine rings is 1. The van der Waals surface area contributed by atoms with Crippen LogP contribution in [0.1, 0.15) is 53.1 Å². The first-order chi connectivity index (χ1) is 18.7. The van der Waals surface area contributed by atoms with Crippen LogP contribution in [-0.2, 0) is 21.5 Å². The lowest BCUT2D eigenvalue weighted by atomic mass is 9.92. The number of hydrogen-bond acceptors (Lipinski definition) is 4. The maximum Gasteiger partial charge on any atom is 0.235 e. The molecule has 6 heteroatoms. The minimum absolute atomic E-state index is 0.125. The molecule has 3 fully saturated rings. The van der Waals surface area contributed by atoms with Crippen LogP contribution < -0.4 is 5.32 Å². The predicted octanol–water partition coefficient (Wildman–Crippen LogP) is 5.47. The van der Waals surface area contributed by atoms with E-state index in [4.69, 9.17) is 4.74 Å². The van der Waals surface area contributed by atoms with E-state index in [0.29, 0.717) is 12.2 Å². The number of aromatic nitrogens is 2. The van der Waals surface area contributed by atoms with Crippen molar-refractivity contribution < 1.29 is 9.53 Å². The Morgan fingerprint density at radius 2 is 1.82 bits per heavy atom. The van der Waals surface area contributed by atoms with E-state index in [9.17, 15) is 4.79 Å². The number of nitrogens with one attached hydrogen (secondary N) is 2. The van der Waals surface area contributed by atoms with Gasteiger partial charge in [-0.15, -0.1) is 0 Å². The molecule has 190 valence electrons. The van der Waals surface area contributed by atoms with Gasteiger partial charge >= 0.3 is 0 Å². The van der Waals surface area contributed by atoms with Crippen molar-refractivity contribution in [2.45, 2.75) is 49.3 Å². The van der Waals surface area contributed by atoms with Crippen molar-refractivity contribution >= 4 is 34.6 Å². The van der Waals surface area contributed by atoms with Gasteiger partial charge in [-0.05, 0) is 59.7 Å². The molecule has 1 saturated carbocycles. The van der Waals surface area contributed by atoms with Crippen molar-refractivity contribution in [2.24, 2.45) is 0 Å². The Labute approximate surface area is 221 Å². The molecule has 3 aromatic carbocycles. The highest BCUT2D eigenvalue weighted by Gasteiger charge is 2.65. The summed E-state index contributed by atoms with van der Waals surface area (Å²) < 4.78 is 5.97. The van der Waals surface area contributed by atoms with Gasteiger partial charge in [0.05, 0.1) is 28.8 Å². The molecule has 4 aromatic rings. The largest absolute Gasteiger partial charge is 0.372 e. The molecule has 1 spiro atoms. The van der Waals surface area contributed by atoms with E-state index >= 15 is 0 Å². The molecule has 2 N–H and O–H groups in total. The molecule has 2 saturated heterocycles. The van der Waals surface area contributed by atoms with Crippen LogP contribution in [0.15, 0.2) is 66.7 Å². The van der Waals surface area contributed by atoms with Gasteiger partial charge in [0, 0.05) is 36.6 Å². The van der Waals surface area contributed by atoms with Crippen molar-refractivity contribution in [3.8, 4) is 0 Å². The zero-order valence-corrected chi connectivity index (χ0v) is 21.2. The first kappa shape index (κ1) is 22.3. The summed E-state index contributed by atoms with van der Waals surface area (Å²) in [6, 6.07) is 23.4. The topological polar surface area (TPSA) is 70.2 Å². The maximum absolute atomic E-state index is 12.9. The number of H-pyrrole nitrogens is 1. The number of amides is 1. The second-order valence-electron chi connectivity index (χ2n) is 11.4. The summed E-state index contributed by atoms with van der Waals surface area (Å²) >= 11 is 0. The number of rotatable bonds is 5. The fourth-order valence-electron chi connectivity index (χ4n) is 6.95. The molecule has 1 aliphatic carbocycles. The van der Waals surface area contributed by atoms with Crippen LogP contribution in [0, 0.1) is 0 Å². The summed E-state index contributed by atoms with van der Waals surface area (Å²) in [6.07, 6.45) is 8.33. The molecule has 1 amide bonds. The fourth-order valence-corrected chi connectivity index (χ4v) is 6.95. The van der Waals surface area contributed by atoms with Crippen LogP contribution in [0.25, 0.3) is 23.1 Å². The molecule has 1 aromatic heterocycles. The lowest BCUT2D eigenvalue weighted by Crippen LogP contribution is -2.41. The summed E-state index contributed by atoms with van der Waals surface area (Å²) in [6.45, 7) is 3.09. The van der Waals surface area contributed by atoms with E-state index in [0.717, 1.165) is 59.5 Å². The third-order valence-corrected chi connectivity index (χ3v) is 8.98. The van der Waals surface area contributed by atoms with Gasteiger partial charge in [0.2, 0.25) is 5.91 Å². The third kappa shape index (κ3) is 3.55. The van der Waals surface area contributed by atoms with Gasteiger partial charge < -0.3 is 10.1 Å². The zero-order chi connectivity index (χ0) is 25.3. The molecule has 6 nitrogen and oxygen atoms in total. The number of para-hydroxylation sites is 1. The van der Waals surface area contributed by atoms with Crippen molar-refractivity contribution in [1.29, 1.82) is 0 Å². The van der Waals surface area contributed by atoms with Crippen LogP contribution >= 0.6 is 0 Å². The number of carbonyl (C=O) groups is 1. The first-order valence-corrected chi connectivity index (χ1v) is 13.7. The predicted molar refractivity (Wildman–Crippen MR) is 149 cm³/mol. The van der Waals surface area contributed by atoms with Gasteiger partial charge in [0.15, 0.2) is 0 Å². The quantitative estimate of drug-likeness (QED) is 0.380. The number of fused-ring (bicyclic) bond motifs is 5. The highest BCUT2D eigenvalue weighted by molar-refractivity contribution is 6.09. The second kappa shape index (κ2) is 8.38. The maximum atomic E-state index is 12.9. The second-order valence-corrected chi connectivity index (χ2v) is 11.4. The summed E-state index contributed by atoms with van der Waals surface area (Å²) in [5, 5.41) is 12.0. The molecule has 3 aliphatic heterocycles. The molecule has 8 rings (SSSR count). The van der Waals surface area contributed by atoms with Gasteiger partial charge in [-0.3, -0.25) is 14.8 Å². The average molecular weight is 503 g/mol. The summed E-state index contributed by atoms with van der Waals surface area (Å²) in [4.78, 5) is 15.4. The average Bonchev–Trinajstić information content (AvgIpc) is 3.28. The van der Waals surface area contributed by atoms with Crippen LogP contribution in [0.4, 0.5) is 5.69 Å². The van der Waals surface area contributed by atoms with Gasteiger partial charge in [0.1, 0.15) is 0 Å². The van der Waals surface area contributed by atoms with Crippen LogP contribution in [0.5, 0.6) is 0 Å². The minimum atomic E-state index is -0.416. The Hall–Kier alpha value is -3.74. The number of hydrogen-bond donors (Lipinski definition) is 2. The molecular formula is C32H30N4O2. The summed E-state index contributed by atoms with van der Waals surface area (Å²) in [5.74, 6) is 0.323. The number of ether oxygens (including phenoxy) is 1. The third-order valence-electron chi connectivity index (χ3n) is 8.98. The number of aromatic amines is 1. The zero-order valence-electron chi connectivity index (χ0n) is 21.2. The molecule has 4 heterocycles. The van der Waals surface area contributed by atoms with Crippen LogP contribution in [0.2, 0.25) is 0 Å². The van der Waals surface area contributed by atoms with Crippen molar-refractivity contribution in [3.63, 3.8) is 0 Å². The first-order valence-electron chi connectivity index (χ1n) is 13.7. The van der Waals surface area contributed by atoms with E-state index in [1.807, 2.05) is 18.2 Å². The van der Waals surface area contributed by atoms with Crippen molar-refractivity contribution in [3.05, 3.63) is 94.7 Å². The monoisotopic (exact) mass is 502 g/mol. The highest BCUT2D eigenvalue weighted by atomic mass is 16.5. The normalized spacial score (nSPS) is 27.9.